The van der Waals surface area contributed by atoms with Crippen molar-refractivity contribution >= 4 is 39.6 Å². The molecule has 0 aromatic heterocycles. The second-order valence-electron chi connectivity index (χ2n) is 4.68. The summed E-state index contributed by atoms with van der Waals surface area (Å²) in [6.07, 6.45) is -0.822. The van der Waals surface area contributed by atoms with Crippen molar-refractivity contribution in [1.82, 2.24) is 5.32 Å². The number of rotatable bonds is 5. The summed E-state index contributed by atoms with van der Waals surface area (Å²) in [5.74, 6) is -1.21. The monoisotopic (exact) mass is 397 g/mol. The zero-order chi connectivity index (χ0) is 16.8. The van der Waals surface area contributed by atoms with E-state index in [4.69, 9.17) is 16.3 Å². The van der Waals surface area contributed by atoms with Crippen LogP contribution in [-0.2, 0) is 16.1 Å². The van der Waals surface area contributed by atoms with Gasteiger partial charge in [-0.25, -0.2) is 9.59 Å². The average Bonchev–Trinajstić information content (AvgIpc) is 2.50. The topological polar surface area (TPSA) is 75.6 Å². The first-order chi connectivity index (χ1) is 11.0. The van der Waals surface area contributed by atoms with Gasteiger partial charge in [-0.2, -0.15) is 0 Å². The van der Waals surface area contributed by atoms with E-state index in [1.54, 1.807) is 24.3 Å². The van der Waals surface area contributed by atoms with Crippen LogP contribution in [0.15, 0.2) is 53.0 Å². The molecule has 1 atom stereocenters. The van der Waals surface area contributed by atoms with Crippen molar-refractivity contribution in [2.24, 2.45) is 0 Å². The fourth-order valence-corrected chi connectivity index (χ4v) is 2.80. The minimum atomic E-state index is -1.26. The highest BCUT2D eigenvalue weighted by atomic mass is 79.9. The molecule has 2 N–H and O–H groups in total. The molecule has 23 heavy (non-hydrogen) atoms. The number of carbonyl (C=O) groups is 2. The Morgan fingerprint density at radius 3 is 2.52 bits per heavy atom. The van der Waals surface area contributed by atoms with E-state index >= 15 is 0 Å². The fraction of sp³-hybridized carbons (Fsp3) is 0.125. The van der Waals surface area contributed by atoms with Gasteiger partial charge in [0.2, 0.25) is 0 Å². The molecule has 1 unspecified atom stereocenters. The lowest BCUT2D eigenvalue weighted by Gasteiger charge is -2.15. The molecule has 1 amide bonds. The van der Waals surface area contributed by atoms with Gasteiger partial charge in [0, 0.05) is 9.50 Å². The van der Waals surface area contributed by atoms with E-state index in [1.165, 1.54) is 6.07 Å². The highest BCUT2D eigenvalue weighted by molar-refractivity contribution is 9.10. The molecule has 5 nitrogen and oxygen atoms in total. The lowest BCUT2D eigenvalue weighted by Crippen LogP contribution is -2.34. The van der Waals surface area contributed by atoms with Crippen LogP contribution in [0.3, 0.4) is 0 Å². The number of halogens is 2. The SMILES string of the molecule is O=C(NC(C(=O)O)c1cc(Cl)cc(Br)c1)OCc1ccccc1. The molecule has 0 radical (unpaired) electrons. The smallest absolute Gasteiger partial charge is 0.408 e. The predicted octanol–water partition coefficient (Wildman–Crippen LogP) is 4.15. The number of nitrogens with one attached hydrogen (secondary N) is 1. The van der Waals surface area contributed by atoms with Crippen molar-refractivity contribution < 1.29 is 19.4 Å². The van der Waals surface area contributed by atoms with Crippen molar-refractivity contribution in [3.8, 4) is 0 Å². The second-order valence-corrected chi connectivity index (χ2v) is 6.03. The number of hydrogen-bond donors (Lipinski definition) is 2. The summed E-state index contributed by atoms with van der Waals surface area (Å²) in [4.78, 5) is 23.2. The molecule has 2 aromatic rings. The maximum atomic E-state index is 11.8. The zero-order valence-corrected chi connectivity index (χ0v) is 14.2. The van der Waals surface area contributed by atoms with Crippen molar-refractivity contribution in [1.29, 1.82) is 0 Å². The van der Waals surface area contributed by atoms with E-state index in [1.807, 2.05) is 18.2 Å². The van der Waals surface area contributed by atoms with E-state index in [9.17, 15) is 14.7 Å². The molecule has 0 bridgehead atoms. The van der Waals surface area contributed by atoms with E-state index < -0.39 is 18.1 Å². The van der Waals surface area contributed by atoms with Gasteiger partial charge in [-0.15, -0.1) is 0 Å². The van der Waals surface area contributed by atoms with E-state index in [0.29, 0.717) is 15.1 Å². The summed E-state index contributed by atoms with van der Waals surface area (Å²) in [5, 5.41) is 12.0. The maximum absolute atomic E-state index is 11.8. The molecule has 0 aliphatic carbocycles. The van der Waals surface area contributed by atoms with Crippen LogP contribution < -0.4 is 5.32 Å². The minimum Gasteiger partial charge on any atom is -0.479 e. The van der Waals surface area contributed by atoms with Crippen LogP contribution >= 0.6 is 27.5 Å². The first-order valence-electron chi connectivity index (χ1n) is 6.61. The largest absolute Gasteiger partial charge is 0.479 e. The number of amides is 1. The lowest BCUT2D eigenvalue weighted by atomic mass is 10.1. The number of carboxylic acid groups (broad SMARTS) is 1. The molecule has 120 valence electrons. The second kappa shape index (κ2) is 7.99. The number of carbonyl (C=O) groups excluding carboxylic acids is 1. The molecule has 0 spiro atoms. The molecule has 0 heterocycles. The van der Waals surface area contributed by atoms with Gasteiger partial charge in [-0.1, -0.05) is 57.9 Å². The van der Waals surface area contributed by atoms with Gasteiger partial charge in [0.1, 0.15) is 6.61 Å². The molecule has 0 saturated heterocycles. The maximum Gasteiger partial charge on any atom is 0.408 e. The van der Waals surface area contributed by atoms with Crippen molar-refractivity contribution in [2.75, 3.05) is 0 Å². The van der Waals surface area contributed by atoms with Crippen molar-refractivity contribution in [3.63, 3.8) is 0 Å². The molecule has 7 heteroatoms. The molecule has 0 aliphatic heterocycles. The van der Waals surface area contributed by atoms with Crippen molar-refractivity contribution in [2.45, 2.75) is 12.6 Å². The van der Waals surface area contributed by atoms with Crippen molar-refractivity contribution in [3.05, 3.63) is 69.2 Å². The standard InChI is InChI=1S/C16H13BrClNO4/c17-12-6-11(7-13(18)8-12)14(15(20)21)19-16(22)23-9-10-4-2-1-3-5-10/h1-8,14H,9H2,(H,19,22)(H,20,21). The first-order valence-corrected chi connectivity index (χ1v) is 7.79. The third-order valence-corrected chi connectivity index (χ3v) is 3.62. The van der Waals surface area contributed by atoms with E-state index in [-0.39, 0.29) is 6.61 Å². The quantitative estimate of drug-likeness (QED) is 0.793. The van der Waals surface area contributed by atoms with Gasteiger partial charge in [0.15, 0.2) is 6.04 Å². The number of alkyl carbamates (subject to hydrolysis) is 1. The number of hydrogen-bond acceptors (Lipinski definition) is 3. The highest BCUT2D eigenvalue weighted by Crippen LogP contribution is 2.24. The minimum absolute atomic E-state index is 0.0538. The summed E-state index contributed by atoms with van der Waals surface area (Å²) >= 11 is 9.15. The normalized spacial score (nSPS) is 11.6. The summed E-state index contributed by atoms with van der Waals surface area (Å²) in [6, 6.07) is 12.5. The predicted molar refractivity (Wildman–Crippen MR) is 89.3 cm³/mol. The molecular weight excluding hydrogens is 386 g/mol. The van der Waals surface area contributed by atoms with Crippen LogP contribution in [0.1, 0.15) is 17.2 Å². The summed E-state index contributed by atoms with van der Waals surface area (Å²) < 4.78 is 5.65. The van der Waals surface area contributed by atoms with E-state index in [0.717, 1.165) is 5.56 Å². The molecular formula is C16H13BrClNO4. The Bertz CT molecular complexity index is 688. The van der Waals surface area contributed by atoms with E-state index in [2.05, 4.69) is 21.2 Å². The molecule has 0 fully saturated rings. The van der Waals surface area contributed by atoms with Gasteiger partial charge in [0.05, 0.1) is 0 Å². The van der Waals surface area contributed by atoms with Gasteiger partial charge >= 0.3 is 12.1 Å². The highest BCUT2D eigenvalue weighted by Gasteiger charge is 2.23. The number of carboxylic acids is 1. The van der Waals surface area contributed by atoms with Gasteiger partial charge in [-0.3, -0.25) is 0 Å². The lowest BCUT2D eigenvalue weighted by molar-refractivity contribution is -0.139. The third-order valence-electron chi connectivity index (χ3n) is 2.94. The Kier molecular flexibility index (Phi) is 6.01. The van der Waals surface area contributed by atoms with Crippen LogP contribution in [0.4, 0.5) is 4.79 Å². The fourth-order valence-electron chi connectivity index (χ4n) is 1.91. The summed E-state index contributed by atoms with van der Waals surface area (Å²) in [5.41, 5.74) is 1.15. The number of benzene rings is 2. The number of ether oxygens (including phenoxy) is 1. The summed E-state index contributed by atoms with van der Waals surface area (Å²) in [7, 11) is 0. The molecule has 2 rings (SSSR count). The Hall–Kier alpha value is -2.05. The zero-order valence-electron chi connectivity index (χ0n) is 11.8. The van der Waals surface area contributed by atoms with Gasteiger partial charge in [0.25, 0.3) is 0 Å². The number of aliphatic carboxylic acids is 1. The van der Waals surface area contributed by atoms with Crippen LogP contribution in [0.2, 0.25) is 5.02 Å². The van der Waals surface area contributed by atoms with Crippen LogP contribution in [-0.4, -0.2) is 17.2 Å². The van der Waals surface area contributed by atoms with Gasteiger partial charge in [-0.05, 0) is 29.3 Å². The molecule has 2 aromatic carbocycles. The van der Waals surface area contributed by atoms with Crippen LogP contribution in [0.25, 0.3) is 0 Å². The Balaban J connectivity index is 2.04. The summed E-state index contributed by atoms with van der Waals surface area (Å²) in [6.45, 7) is 0.0538. The third kappa shape index (κ3) is 5.26. The van der Waals surface area contributed by atoms with Crippen LogP contribution in [0.5, 0.6) is 0 Å². The van der Waals surface area contributed by atoms with Crippen LogP contribution in [0, 0.1) is 0 Å². The Morgan fingerprint density at radius 1 is 1.22 bits per heavy atom. The Labute approximate surface area is 146 Å². The average molecular weight is 399 g/mol. The first kappa shape index (κ1) is 17.3. The Morgan fingerprint density at radius 2 is 1.91 bits per heavy atom. The molecule has 0 saturated carbocycles. The molecule has 0 aliphatic rings. The van der Waals surface area contributed by atoms with Gasteiger partial charge < -0.3 is 15.2 Å².